The highest BCUT2D eigenvalue weighted by molar-refractivity contribution is 5.80. The smallest absolute Gasteiger partial charge is 0.308 e. The number of ether oxygens (including phenoxy) is 2. The van der Waals surface area contributed by atoms with E-state index in [1.54, 1.807) is 7.11 Å². The number of nitrogens with zero attached hydrogens (tertiary/aromatic N) is 3. The minimum atomic E-state index is -0.0938. The molecule has 2 aliphatic rings. The second-order valence-corrected chi connectivity index (χ2v) is 8.01. The predicted molar refractivity (Wildman–Crippen MR) is 119 cm³/mol. The van der Waals surface area contributed by atoms with E-state index in [9.17, 15) is 4.79 Å². The van der Waals surface area contributed by atoms with Gasteiger partial charge in [0, 0.05) is 19.6 Å². The Morgan fingerprint density at radius 1 is 1.20 bits per heavy atom. The first-order valence-corrected chi connectivity index (χ1v) is 11.1. The van der Waals surface area contributed by atoms with Crippen LogP contribution in [0.2, 0.25) is 0 Å². The van der Waals surface area contributed by atoms with Crippen LogP contribution >= 0.6 is 0 Å². The summed E-state index contributed by atoms with van der Waals surface area (Å²) in [6.45, 7) is 7.47. The summed E-state index contributed by atoms with van der Waals surface area (Å²) >= 11 is 0. The number of nitrogens with one attached hydrogen (secondary N) is 1. The third kappa shape index (κ3) is 5.65. The van der Waals surface area contributed by atoms with Gasteiger partial charge in [0.15, 0.2) is 5.96 Å². The van der Waals surface area contributed by atoms with Crippen molar-refractivity contribution in [3.05, 3.63) is 29.8 Å². The molecule has 1 aromatic carbocycles. The molecule has 1 unspecified atom stereocenters. The Morgan fingerprint density at radius 3 is 2.57 bits per heavy atom. The van der Waals surface area contributed by atoms with Crippen molar-refractivity contribution < 1.29 is 14.3 Å². The van der Waals surface area contributed by atoms with Crippen molar-refractivity contribution in [1.29, 1.82) is 0 Å². The van der Waals surface area contributed by atoms with E-state index in [1.807, 2.05) is 6.07 Å². The summed E-state index contributed by atoms with van der Waals surface area (Å²) < 4.78 is 10.4. The average Bonchev–Trinajstić information content (AvgIpc) is 3.33. The molecule has 0 bridgehead atoms. The standard InChI is InChI=1S/C23H36N4O3/c1-4-24-23(27-14-10-18(11-15-27)22(28)30-3)25-17-21(26-12-5-6-13-26)19-8-7-9-20(16-19)29-2/h7-9,16,18,21H,4-6,10-15,17H2,1-3H3,(H,24,25). The maximum absolute atomic E-state index is 11.8. The third-order valence-electron chi connectivity index (χ3n) is 6.14. The van der Waals surface area contributed by atoms with Gasteiger partial charge in [-0.15, -0.1) is 0 Å². The number of hydrogen-bond acceptors (Lipinski definition) is 5. The number of guanidine groups is 1. The van der Waals surface area contributed by atoms with Crippen molar-refractivity contribution in [2.45, 2.75) is 38.6 Å². The first-order valence-electron chi connectivity index (χ1n) is 11.1. The quantitative estimate of drug-likeness (QED) is 0.419. The summed E-state index contributed by atoms with van der Waals surface area (Å²) in [5, 5.41) is 3.45. The number of rotatable bonds is 7. The second-order valence-electron chi connectivity index (χ2n) is 8.01. The number of aliphatic imine (C=N–C) groups is 1. The first-order chi connectivity index (χ1) is 14.7. The minimum absolute atomic E-state index is 0.00302. The molecular formula is C23H36N4O3. The first kappa shape index (κ1) is 22.4. The molecule has 7 heteroatoms. The fourth-order valence-electron chi connectivity index (χ4n) is 4.43. The molecule has 7 nitrogen and oxygen atoms in total. The molecule has 1 N–H and O–H groups in total. The molecule has 30 heavy (non-hydrogen) atoms. The zero-order valence-electron chi connectivity index (χ0n) is 18.6. The van der Waals surface area contributed by atoms with E-state index < -0.39 is 0 Å². The van der Waals surface area contributed by atoms with E-state index in [1.165, 1.54) is 25.5 Å². The van der Waals surface area contributed by atoms with E-state index in [-0.39, 0.29) is 17.9 Å². The molecule has 0 aromatic heterocycles. The number of hydrogen-bond donors (Lipinski definition) is 1. The summed E-state index contributed by atoms with van der Waals surface area (Å²) in [7, 11) is 3.18. The van der Waals surface area contributed by atoms with E-state index >= 15 is 0 Å². The Balaban J connectivity index is 1.73. The zero-order valence-corrected chi connectivity index (χ0v) is 18.6. The Kier molecular flexibility index (Phi) is 8.37. The molecule has 2 aliphatic heterocycles. The van der Waals surface area contributed by atoms with Crippen molar-refractivity contribution in [3.63, 3.8) is 0 Å². The molecule has 0 spiro atoms. The maximum atomic E-state index is 11.8. The largest absolute Gasteiger partial charge is 0.497 e. The molecule has 0 amide bonds. The van der Waals surface area contributed by atoms with Crippen LogP contribution in [0.3, 0.4) is 0 Å². The Labute approximate surface area is 180 Å². The number of piperidine rings is 1. The van der Waals surface area contributed by atoms with Crippen molar-refractivity contribution in [2.24, 2.45) is 10.9 Å². The topological polar surface area (TPSA) is 66.4 Å². The van der Waals surface area contributed by atoms with Gasteiger partial charge in [0.2, 0.25) is 0 Å². The van der Waals surface area contributed by atoms with Crippen LogP contribution in [0.4, 0.5) is 0 Å². The lowest BCUT2D eigenvalue weighted by Gasteiger charge is -2.34. The summed E-state index contributed by atoms with van der Waals surface area (Å²) in [4.78, 5) is 21.7. The van der Waals surface area contributed by atoms with Gasteiger partial charge in [0.05, 0.1) is 32.7 Å². The van der Waals surface area contributed by atoms with Crippen LogP contribution in [0, 0.1) is 5.92 Å². The highest BCUT2D eigenvalue weighted by atomic mass is 16.5. The maximum Gasteiger partial charge on any atom is 0.308 e. The van der Waals surface area contributed by atoms with E-state index in [2.05, 4.69) is 40.2 Å². The van der Waals surface area contributed by atoms with E-state index in [0.717, 1.165) is 57.3 Å². The second kappa shape index (κ2) is 11.2. The molecule has 166 valence electrons. The Bertz CT molecular complexity index is 710. The van der Waals surface area contributed by atoms with Crippen LogP contribution < -0.4 is 10.1 Å². The van der Waals surface area contributed by atoms with Crippen molar-refractivity contribution >= 4 is 11.9 Å². The van der Waals surface area contributed by atoms with Gasteiger partial charge >= 0.3 is 5.97 Å². The molecule has 0 radical (unpaired) electrons. The summed E-state index contributed by atoms with van der Waals surface area (Å²) in [6, 6.07) is 8.60. The van der Waals surface area contributed by atoms with Gasteiger partial charge in [-0.2, -0.15) is 0 Å². The number of esters is 1. The van der Waals surface area contributed by atoms with E-state index in [0.29, 0.717) is 6.54 Å². The Hall–Kier alpha value is -2.28. The number of benzene rings is 1. The molecule has 1 aromatic rings. The fourth-order valence-corrected chi connectivity index (χ4v) is 4.43. The number of carbonyl (C=O) groups excluding carboxylic acids is 1. The SMILES string of the molecule is CCNC(=NCC(c1cccc(OC)c1)N1CCCC1)N1CCC(C(=O)OC)CC1. The monoisotopic (exact) mass is 416 g/mol. The molecule has 1 atom stereocenters. The molecule has 2 fully saturated rings. The lowest BCUT2D eigenvalue weighted by Crippen LogP contribution is -2.47. The van der Waals surface area contributed by atoms with Crippen LogP contribution in [-0.2, 0) is 9.53 Å². The van der Waals surface area contributed by atoms with Crippen LogP contribution in [0.25, 0.3) is 0 Å². The minimum Gasteiger partial charge on any atom is -0.497 e. The number of carbonyl (C=O) groups is 1. The lowest BCUT2D eigenvalue weighted by atomic mass is 9.97. The van der Waals surface area contributed by atoms with Gasteiger partial charge in [-0.3, -0.25) is 14.7 Å². The van der Waals surface area contributed by atoms with Crippen LogP contribution in [-0.4, -0.2) is 75.2 Å². The van der Waals surface area contributed by atoms with Gasteiger partial charge in [-0.25, -0.2) is 0 Å². The Morgan fingerprint density at radius 2 is 1.93 bits per heavy atom. The molecule has 3 rings (SSSR count). The van der Waals surface area contributed by atoms with Gasteiger partial charge in [-0.05, 0) is 63.4 Å². The van der Waals surface area contributed by atoms with Crippen molar-refractivity contribution in [1.82, 2.24) is 15.1 Å². The van der Waals surface area contributed by atoms with Gasteiger partial charge in [0.1, 0.15) is 5.75 Å². The predicted octanol–water partition coefficient (Wildman–Crippen LogP) is 2.68. The van der Waals surface area contributed by atoms with Gasteiger partial charge < -0.3 is 19.7 Å². The molecule has 0 saturated carbocycles. The zero-order chi connectivity index (χ0) is 21.3. The van der Waals surface area contributed by atoms with Crippen molar-refractivity contribution in [3.8, 4) is 5.75 Å². The third-order valence-corrected chi connectivity index (χ3v) is 6.14. The lowest BCUT2D eigenvalue weighted by molar-refractivity contribution is -0.146. The van der Waals surface area contributed by atoms with E-state index in [4.69, 9.17) is 14.5 Å². The normalized spacial score (nSPS) is 19.6. The highest BCUT2D eigenvalue weighted by Crippen LogP contribution is 2.28. The number of methoxy groups -OCH3 is 2. The summed E-state index contributed by atoms with van der Waals surface area (Å²) in [5.74, 6) is 1.73. The molecule has 2 saturated heterocycles. The molecular weight excluding hydrogens is 380 g/mol. The number of likely N-dealkylation sites (tertiary alicyclic amines) is 2. The average molecular weight is 417 g/mol. The summed E-state index contributed by atoms with van der Waals surface area (Å²) in [6.07, 6.45) is 4.10. The van der Waals surface area contributed by atoms with Gasteiger partial charge in [0.25, 0.3) is 0 Å². The molecule has 0 aliphatic carbocycles. The van der Waals surface area contributed by atoms with Crippen LogP contribution in [0.5, 0.6) is 5.75 Å². The van der Waals surface area contributed by atoms with Gasteiger partial charge in [-0.1, -0.05) is 12.1 Å². The highest BCUT2D eigenvalue weighted by Gasteiger charge is 2.28. The fraction of sp³-hybridized carbons (Fsp3) is 0.652. The van der Waals surface area contributed by atoms with Crippen LogP contribution in [0.1, 0.15) is 44.2 Å². The summed E-state index contributed by atoms with van der Waals surface area (Å²) in [5.41, 5.74) is 1.25. The van der Waals surface area contributed by atoms with Crippen LogP contribution in [0.15, 0.2) is 29.3 Å². The molecule has 2 heterocycles. The van der Waals surface area contributed by atoms with Crippen molar-refractivity contribution in [2.75, 3.05) is 53.5 Å².